The fraction of sp³-hybridized carbons (Fsp3) is 0.292. The van der Waals surface area contributed by atoms with Crippen molar-refractivity contribution >= 4 is 11.9 Å². The molecule has 3 aromatic rings. The second kappa shape index (κ2) is 10.2. The minimum absolute atomic E-state index is 0.0320. The molecule has 0 bridgehead atoms. The molecule has 13 heteroatoms. The van der Waals surface area contributed by atoms with E-state index >= 15 is 0 Å². The maximum Gasteiger partial charge on any atom is 0.430 e. The standard InChI is InChI=1S/C24H21F6N3O4/c1-2-12-33-19(21(36)31-13-17(34)35)18(14-6-4-3-5-7-14)32-20(33)15-8-10-16(11-9-15)22(37,23(25,26)27)24(28,29)30/h3-11,37H,2,12-13H2,1H3,(H,31,36)(H,34,35). The molecule has 0 aliphatic rings. The van der Waals surface area contributed by atoms with Crippen LogP contribution in [0.2, 0.25) is 0 Å². The van der Waals surface area contributed by atoms with Gasteiger partial charge in [0.15, 0.2) is 0 Å². The molecule has 0 saturated carbocycles. The third kappa shape index (κ3) is 5.31. The molecule has 7 nitrogen and oxygen atoms in total. The van der Waals surface area contributed by atoms with Gasteiger partial charge in [0.05, 0.1) is 0 Å². The zero-order valence-corrected chi connectivity index (χ0v) is 19.2. The Morgan fingerprint density at radius 3 is 1.97 bits per heavy atom. The average Bonchev–Trinajstić information content (AvgIpc) is 3.20. The number of hydrogen-bond acceptors (Lipinski definition) is 4. The zero-order valence-electron chi connectivity index (χ0n) is 19.2. The molecule has 0 unspecified atom stereocenters. The number of alkyl halides is 6. The molecule has 0 atom stereocenters. The van der Waals surface area contributed by atoms with Crippen molar-refractivity contribution in [2.24, 2.45) is 0 Å². The molecule has 1 amide bonds. The van der Waals surface area contributed by atoms with Gasteiger partial charge in [0.25, 0.3) is 11.5 Å². The van der Waals surface area contributed by atoms with Crippen LogP contribution in [-0.4, -0.2) is 50.5 Å². The van der Waals surface area contributed by atoms with Gasteiger partial charge in [-0.3, -0.25) is 9.59 Å². The quantitative estimate of drug-likeness (QED) is 0.366. The SMILES string of the molecule is CCCn1c(-c2ccc(C(O)(C(F)(F)F)C(F)(F)F)cc2)nc(-c2ccccc2)c1C(=O)NCC(=O)O. The van der Waals surface area contributed by atoms with E-state index in [4.69, 9.17) is 5.11 Å². The number of aliphatic hydroxyl groups is 1. The van der Waals surface area contributed by atoms with Crippen molar-refractivity contribution in [3.05, 3.63) is 65.9 Å². The van der Waals surface area contributed by atoms with Gasteiger partial charge in [-0.15, -0.1) is 0 Å². The number of aromatic nitrogens is 2. The molecule has 0 spiro atoms. The Hall–Kier alpha value is -3.87. The van der Waals surface area contributed by atoms with Crippen molar-refractivity contribution in [1.82, 2.24) is 14.9 Å². The number of aliphatic carboxylic acids is 1. The van der Waals surface area contributed by atoms with Crippen LogP contribution in [0.1, 0.15) is 29.4 Å². The van der Waals surface area contributed by atoms with Crippen molar-refractivity contribution < 1.29 is 46.1 Å². The molecule has 198 valence electrons. The first-order valence-corrected chi connectivity index (χ1v) is 10.8. The molecule has 3 N–H and O–H groups in total. The number of imidazole rings is 1. The number of carboxylic acid groups (broad SMARTS) is 1. The zero-order chi connectivity index (χ0) is 27.6. The van der Waals surface area contributed by atoms with Crippen molar-refractivity contribution in [1.29, 1.82) is 0 Å². The molecule has 0 aliphatic carbocycles. The van der Waals surface area contributed by atoms with Gasteiger partial charge >= 0.3 is 18.3 Å². The number of halogens is 6. The average molecular weight is 529 g/mol. The van der Waals surface area contributed by atoms with E-state index < -0.39 is 41.9 Å². The highest BCUT2D eigenvalue weighted by molar-refractivity contribution is 6.00. The summed E-state index contributed by atoms with van der Waals surface area (Å²) in [5.41, 5.74) is -5.88. The summed E-state index contributed by atoms with van der Waals surface area (Å²) < 4.78 is 81.0. The minimum Gasteiger partial charge on any atom is -0.480 e. The lowest BCUT2D eigenvalue weighted by atomic mass is 9.91. The largest absolute Gasteiger partial charge is 0.480 e. The van der Waals surface area contributed by atoms with Gasteiger partial charge in [0.1, 0.15) is 23.8 Å². The van der Waals surface area contributed by atoms with Gasteiger partial charge in [0, 0.05) is 23.2 Å². The molecule has 0 radical (unpaired) electrons. The maximum absolute atomic E-state index is 13.3. The summed E-state index contributed by atoms with van der Waals surface area (Å²) in [5, 5.41) is 20.8. The molecule has 0 fully saturated rings. The molecule has 0 aliphatic heterocycles. The van der Waals surface area contributed by atoms with Gasteiger partial charge < -0.3 is 20.1 Å². The second-order valence-corrected chi connectivity index (χ2v) is 8.01. The van der Waals surface area contributed by atoms with Crippen LogP contribution in [-0.2, 0) is 16.9 Å². The van der Waals surface area contributed by atoms with E-state index in [1.165, 1.54) is 4.57 Å². The molecular weight excluding hydrogens is 508 g/mol. The van der Waals surface area contributed by atoms with E-state index in [1.807, 2.05) is 0 Å². The lowest BCUT2D eigenvalue weighted by Gasteiger charge is -2.32. The molecule has 1 aromatic heterocycles. The normalized spacial score (nSPS) is 12.4. The van der Waals surface area contributed by atoms with Crippen LogP contribution in [0.3, 0.4) is 0 Å². The summed E-state index contributed by atoms with van der Waals surface area (Å²) >= 11 is 0. The highest BCUT2D eigenvalue weighted by atomic mass is 19.4. The fourth-order valence-corrected chi connectivity index (χ4v) is 3.73. The third-order valence-electron chi connectivity index (χ3n) is 5.46. The van der Waals surface area contributed by atoms with Gasteiger partial charge in [-0.05, 0) is 6.42 Å². The summed E-state index contributed by atoms with van der Waals surface area (Å²) in [6.07, 6.45) is -11.6. The van der Waals surface area contributed by atoms with Crippen molar-refractivity contribution in [2.45, 2.75) is 37.8 Å². The predicted octanol–water partition coefficient (Wildman–Crippen LogP) is 4.75. The van der Waals surface area contributed by atoms with E-state index in [1.54, 1.807) is 37.3 Å². The van der Waals surface area contributed by atoms with Crippen LogP contribution in [0.25, 0.3) is 22.6 Å². The Kier molecular flexibility index (Phi) is 7.67. The van der Waals surface area contributed by atoms with E-state index in [9.17, 15) is 41.0 Å². The first-order chi connectivity index (χ1) is 17.2. The van der Waals surface area contributed by atoms with Crippen LogP contribution < -0.4 is 5.32 Å². The molecule has 0 saturated heterocycles. The number of hydrogen-bond donors (Lipinski definition) is 3. The van der Waals surface area contributed by atoms with E-state index in [-0.39, 0.29) is 29.3 Å². The summed E-state index contributed by atoms with van der Waals surface area (Å²) in [7, 11) is 0. The number of carboxylic acids is 1. The first kappa shape index (κ1) is 27.7. The van der Waals surface area contributed by atoms with Gasteiger partial charge in [-0.25, -0.2) is 4.98 Å². The lowest BCUT2D eigenvalue weighted by molar-refractivity contribution is -0.376. The van der Waals surface area contributed by atoms with Gasteiger partial charge in [-0.2, -0.15) is 26.3 Å². The number of carbonyl (C=O) groups is 2. The molecule has 1 heterocycles. The Balaban J connectivity index is 2.19. The summed E-state index contributed by atoms with van der Waals surface area (Å²) in [6.45, 7) is 1.24. The summed E-state index contributed by atoms with van der Waals surface area (Å²) in [4.78, 5) is 28.4. The van der Waals surface area contributed by atoms with Crippen molar-refractivity contribution in [3.63, 3.8) is 0 Å². The van der Waals surface area contributed by atoms with Crippen LogP contribution in [0.4, 0.5) is 26.3 Å². The van der Waals surface area contributed by atoms with Crippen LogP contribution in [0.5, 0.6) is 0 Å². The molecule has 3 rings (SSSR count). The topological polar surface area (TPSA) is 104 Å². The monoisotopic (exact) mass is 529 g/mol. The summed E-state index contributed by atoms with van der Waals surface area (Å²) in [5.74, 6) is -2.03. The molecule has 2 aromatic carbocycles. The first-order valence-electron chi connectivity index (χ1n) is 10.8. The number of carbonyl (C=O) groups excluding carboxylic acids is 1. The van der Waals surface area contributed by atoms with Gasteiger partial charge in [0.2, 0.25) is 0 Å². The second-order valence-electron chi connectivity index (χ2n) is 8.01. The van der Waals surface area contributed by atoms with Crippen molar-refractivity contribution in [3.8, 4) is 22.6 Å². The highest BCUT2D eigenvalue weighted by Crippen LogP contribution is 2.50. The molecule has 37 heavy (non-hydrogen) atoms. The maximum atomic E-state index is 13.3. The van der Waals surface area contributed by atoms with Crippen LogP contribution in [0.15, 0.2) is 54.6 Å². The number of benzene rings is 2. The van der Waals surface area contributed by atoms with Crippen LogP contribution >= 0.6 is 0 Å². The number of nitrogens with zero attached hydrogens (tertiary/aromatic N) is 2. The third-order valence-corrected chi connectivity index (χ3v) is 5.46. The Bertz CT molecular complexity index is 1250. The number of rotatable bonds is 8. The fourth-order valence-electron chi connectivity index (χ4n) is 3.73. The number of nitrogens with one attached hydrogen (secondary N) is 1. The Morgan fingerprint density at radius 2 is 1.49 bits per heavy atom. The van der Waals surface area contributed by atoms with Crippen LogP contribution in [0, 0.1) is 0 Å². The number of amides is 1. The van der Waals surface area contributed by atoms with Crippen molar-refractivity contribution in [2.75, 3.05) is 6.54 Å². The Labute approximate surface area is 206 Å². The molecular formula is C24H21F6N3O4. The van der Waals surface area contributed by atoms with E-state index in [2.05, 4.69) is 10.3 Å². The summed E-state index contributed by atoms with van der Waals surface area (Å²) in [6, 6.07) is 11.1. The van der Waals surface area contributed by atoms with Gasteiger partial charge in [-0.1, -0.05) is 61.5 Å². The smallest absolute Gasteiger partial charge is 0.430 e. The van der Waals surface area contributed by atoms with E-state index in [0.29, 0.717) is 24.1 Å². The minimum atomic E-state index is -6.04. The predicted molar refractivity (Wildman–Crippen MR) is 119 cm³/mol. The lowest BCUT2D eigenvalue weighted by Crippen LogP contribution is -2.53. The Morgan fingerprint density at radius 1 is 0.919 bits per heavy atom. The van der Waals surface area contributed by atoms with E-state index in [0.717, 1.165) is 12.1 Å². The highest BCUT2D eigenvalue weighted by Gasteiger charge is 2.71.